The molecule has 1 aromatic heterocycles. The molecule has 0 aliphatic rings. The van der Waals surface area contributed by atoms with Crippen LogP contribution in [0.25, 0.3) is 10.9 Å². The van der Waals surface area contributed by atoms with E-state index in [1.807, 2.05) is 6.07 Å². The first kappa shape index (κ1) is 22.0. The predicted molar refractivity (Wildman–Crippen MR) is 120 cm³/mol. The van der Waals surface area contributed by atoms with Gasteiger partial charge in [0, 0.05) is 4.47 Å². The molecule has 2 aromatic carbocycles. The molecule has 30 heavy (non-hydrogen) atoms. The summed E-state index contributed by atoms with van der Waals surface area (Å²) in [5.41, 5.74) is 0.980. The zero-order valence-electron chi connectivity index (χ0n) is 16.6. The van der Waals surface area contributed by atoms with Crippen LogP contribution in [-0.2, 0) is 9.53 Å². The number of esters is 1. The summed E-state index contributed by atoms with van der Waals surface area (Å²) in [4.78, 5) is 28.9. The van der Waals surface area contributed by atoms with Gasteiger partial charge in [-0.15, -0.1) is 0 Å². The molecule has 0 saturated carbocycles. The maximum Gasteiger partial charge on any atom is 0.347 e. The highest BCUT2D eigenvalue weighted by Crippen LogP contribution is 2.26. The standard InChI is InChI=1S/C21H19BrClN3O4/c1-4-29-21(28)12(2)30-19-8-5-14(9-17(19)23)11-24-26-13(3)25-18-7-6-15(22)10-16(18)20(26)27/h5-12H,4H2,1-3H3/t12-/m0/s1. The van der Waals surface area contributed by atoms with Crippen molar-refractivity contribution in [1.82, 2.24) is 9.66 Å². The zero-order chi connectivity index (χ0) is 21.8. The average molecular weight is 493 g/mol. The number of benzene rings is 2. The normalized spacial score (nSPS) is 12.3. The quantitative estimate of drug-likeness (QED) is 0.378. The smallest absolute Gasteiger partial charge is 0.347 e. The van der Waals surface area contributed by atoms with E-state index >= 15 is 0 Å². The van der Waals surface area contributed by atoms with Crippen LogP contribution >= 0.6 is 27.5 Å². The minimum atomic E-state index is -0.786. The van der Waals surface area contributed by atoms with Crippen LogP contribution in [0.5, 0.6) is 5.75 Å². The van der Waals surface area contributed by atoms with E-state index in [0.29, 0.717) is 33.1 Å². The van der Waals surface area contributed by atoms with Gasteiger partial charge in [-0.1, -0.05) is 27.5 Å². The molecule has 0 N–H and O–H groups in total. The highest BCUT2D eigenvalue weighted by molar-refractivity contribution is 9.10. The number of nitrogens with zero attached hydrogens (tertiary/aromatic N) is 3. The number of carbonyl (C=O) groups excluding carboxylic acids is 1. The molecule has 3 aromatic rings. The highest BCUT2D eigenvalue weighted by atomic mass is 79.9. The zero-order valence-corrected chi connectivity index (χ0v) is 18.9. The lowest BCUT2D eigenvalue weighted by Gasteiger charge is -2.14. The van der Waals surface area contributed by atoms with Crippen molar-refractivity contribution in [3.05, 3.63) is 67.6 Å². The molecule has 0 bridgehead atoms. The van der Waals surface area contributed by atoms with Crippen molar-refractivity contribution in [3.8, 4) is 5.75 Å². The predicted octanol–water partition coefficient (Wildman–Crippen LogP) is 4.33. The number of aromatic nitrogens is 2. The van der Waals surface area contributed by atoms with E-state index < -0.39 is 12.1 Å². The second kappa shape index (κ2) is 9.40. The van der Waals surface area contributed by atoms with Crippen molar-refractivity contribution >= 4 is 50.6 Å². The molecule has 156 valence electrons. The molecular weight excluding hydrogens is 474 g/mol. The molecule has 0 saturated heterocycles. The Kier molecular flexibility index (Phi) is 6.89. The fourth-order valence-electron chi connectivity index (χ4n) is 2.71. The molecule has 0 radical (unpaired) electrons. The second-order valence-electron chi connectivity index (χ2n) is 6.38. The molecular formula is C21H19BrClN3O4. The highest BCUT2D eigenvalue weighted by Gasteiger charge is 2.17. The van der Waals surface area contributed by atoms with Crippen molar-refractivity contribution in [3.63, 3.8) is 0 Å². The first-order valence-electron chi connectivity index (χ1n) is 9.16. The fraction of sp³-hybridized carbons (Fsp3) is 0.238. The van der Waals surface area contributed by atoms with Gasteiger partial charge in [-0.3, -0.25) is 4.79 Å². The molecule has 0 spiro atoms. The summed E-state index contributed by atoms with van der Waals surface area (Å²) in [6, 6.07) is 10.3. The van der Waals surface area contributed by atoms with Gasteiger partial charge >= 0.3 is 5.97 Å². The molecule has 0 unspecified atom stereocenters. The third-order valence-electron chi connectivity index (χ3n) is 4.17. The summed E-state index contributed by atoms with van der Waals surface area (Å²) in [7, 11) is 0. The Morgan fingerprint density at radius 3 is 2.80 bits per heavy atom. The molecule has 0 aliphatic heterocycles. The van der Waals surface area contributed by atoms with Gasteiger partial charge in [-0.2, -0.15) is 9.78 Å². The Labute approximate surface area is 186 Å². The number of ether oxygens (including phenoxy) is 2. The topological polar surface area (TPSA) is 82.8 Å². The van der Waals surface area contributed by atoms with E-state index in [9.17, 15) is 9.59 Å². The summed E-state index contributed by atoms with van der Waals surface area (Å²) in [5.74, 6) is 0.338. The number of carbonyl (C=O) groups is 1. The van der Waals surface area contributed by atoms with Gasteiger partial charge in [0.15, 0.2) is 6.10 Å². The van der Waals surface area contributed by atoms with E-state index in [1.54, 1.807) is 51.1 Å². The summed E-state index contributed by atoms with van der Waals surface area (Å²) in [6.07, 6.45) is 0.718. The van der Waals surface area contributed by atoms with E-state index in [1.165, 1.54) is 10.9 Å². The Balaban J connectivity index is 1.86. The van der Waals surface area contributed by atoms with Crippen LogP contribution in [0.4, 0.5) is 0 Å². The lowest BCUT2D eigenvalue weighted by molar-refractivity contribution is -0.150. The van der Waals surface area contributed by atoms with E-state index in [4.69, 9.17) is 21.1 Å². The number of fused-ring (bicyclic) bond motifs is 1. The SMILES string of the molecule is CCOC(=O)[C@H](C)Oc1ccc(C=Nn2c(C)nc3ccc(Br)cc3c2=O)cc1Cl. The van der Waals surface area contributed by atoms with E-state index in [0.717, 1.165) is 4.47 Å². The van der Waals surface area contributed by atoms with Gasteiger partial charge < -0.3 is 9.47 Å². The first-order chi connectivity index (χ1) is 14.3. The van der Waals surface area contributed by atoms with Gasteiger partial charge in [0.05, 0.1) is 28.7 Å². The van der Waals surface area contributed by atoms with Crippen LogP contribution in [0.1, 0.15) is 25.2 Å². The number of hydrogen-bond donors (Lipinski definition) is 0. The summed E-state index contributed by atoms with van der Waals surface area (Å²) in [6.45, 7) is 5.29. The molecule has 1 atom stereocenters. The Morgan fingerprint density at radius 2 is 2.10 bits per heavy atom. The minimum absolute atomic E-state index is 0.273. The van der Waals surface area contributed by atoms with Crippen molar-refractivity contribution in [1.29, 1.82) is 0 Å². The van der Waals surface area contributed by atoms with Crippen molar-refractivity contribution in [2.24, 2.45) is 5.10 Å². The first-order valence-corrected chi connectivity index (χ1v) is 10.3. The Morgan fingerprint density at radius 1 is 1.33 bits per heavy atom. The largest absolute Gasteiger partial charge is 0.477 e. The fourth-order valence-corrected chi connectivity index (χ4v) is 3.31. The van der Waals surface area contributed by atoms with Crippen molar-refractivity contribution in [2.45, 2.75) is 26.9 Å². The molecule has 0 amide bonds. The maximum atomic E-state index is 12.8. The van der Waals surface area contributed by atoms with Gasteiger partial charge in [-0.25, -0.2) is 9.78 Å². The monoisotopic (exact) mass is 491 g/mol. The van der Waals surface area contributed by atoms with Crippen molar-refractivity contribution in [2.75, 3.05) is 6.61 Å². The van der Waals surface area contributed by atoms with E-state index in [2.05, 4.69) is 26.0 Å². The molecule has 3 rings (SSSR count). The Bertz CT molecular complexity index is 1190. The number of aryl methyl sites for hydroxylation is 1. The van der Waals surface area contributed by atoms with Crippen LogP contribution in [0.3, 0.4) is 0 Å². The number of rotatable bonds is 6. The third kappa shape index (κ3) is 4.88. The average Bonchev–Trinajstić information content (AvgIpc) is 2.70. The summed E-state index contributed by atoms with van der Waals surface area (Å²) >= 11 is 9.63. The van der Waals surface area contributed by atoms with Gasteiger partial charge in [0.2, 0.25) is 0 Å². The van der Waals surface area contributed by atoms with Crippen LogP contribution in [0.15, 0.2) is 50.8 Å². The van der Waals surface area contributed by atoms with Gasteiger partial charge in [-0.05, 0) is 62.7 Å². The molecule has 7 nitrogen and oxygen atoms in total. The molecule has 0 fully saturated rings. The lowest BCUT2D eigenvalue weighted by Crippen LogP contribution is -2.26. The Hall–Kier alpha value is -2.71. The van der Waals surface area contributed by atoms with Crippen LogP contribution in [0.2, 0.25) is 5.02 Å². The number of halogens is 2. The lowest BCUT2D eigenvalue weighted by atomic mass is 10.2. The summed E-state index contributed by atoms with van der Waals surface area (Å²) in [5, 5.41) is 5.03. The third-order valence-corrected chi connectivity index (χ3v) is 4.96. The van der Waals surface area contributed by atoms with Crippen LogP contribution in [0, 0.1) is 6.92 Å². The molecule has 9 heteroatoms. The maximum absolute atomic E-state index is 12.8. The molecule has 0 aliphatic carbocycles. The summed E-state index contributed by atoms with van der Waals surface area (Å²) < 4.78 is 12.5. The van der Waals surface area contributed by atoms with E-state index in [-0.39, 0.29) is 12.2 Å². The van der Waals surface area contributed by atoms with Crippen LogP contribution < -0.4 is 10.3 Å². The van der Waals surface area contributed by atoms with Crippen LogP contribution in [-0.4, -0.2) is 34.6 Å². The van der Waals surface area contributed by atoms with Gasteiger partial charge in [0.1, 0.15) is 11.6 Å². The molecule has 1 heterocycles. The number of hydrogen-bond acceptors (Lipinski definition) is 6. The second-order valence-corrected chi connectivity index (χ2v) is 7.71. The minimum Gasteiger partial charge on any atom is -0.477 e. The van der Waals surface area contributed by atoms with Gasteiger partial charge in [0.25, 0.3) is 5.56 Å². The van der Waals surface area contributed by atoms with Crippen molar-refractivity contribution < 1.29 is 14.3 Å².